The molecule has 0 saturated carbocycles. The minimum Gasteiger partial charge on any atom is -0.483 e. The topological polar surface area (TPSA) is 131 Å². The summed E-state index contributed by atoms with van der Waals surface area (Å²) in [6.45, 7) is 9.07. The van der Waals surface area contributed by atoms with E-state index in [9.17, 15) is 22.8 Å². The standard InChI is InChI=1S/C40H52ClN3O7S2/c1-7-9-20-40(21-10-8-2)26-44(30-18-16-29(41)17-19-30)31-22-33(52-6)32(23-34(31)53(48,49)27-40)50-25-35(45)43-37(28-14-12-11-13-15-28)38(47)42-24-36(46)51-39(3,4)5/h11-19,22-23,37H,7-10,20-21,24-27H2,1-6H3,(H,42,47)(H,43,45)/t37-/m1/s1. The number of fused-ring (bicyclic) bond motifs is 1. The Morgan fingerprint density at radius 3 is 2.21 bits per heavy atom. The van der Waals surface area contributed by atoms with Gasteiger partial charge < -0.3 is 25.0 Å². The van der Waals surface area contributed by atoms with Crippen molar-refractivity contribution in [3.63, 3.8) is 0 Å². The number of hydrogen-bond acceptors (Lipinski definition) is 9. The van der Waals surface area contributed by atoms with E-state index in [2.05, 4.69) is 29.4 Å². The molecule has 2 N–H and O–H groups in total. The predicted molar refractivity (Wildman–Crippen MR) is 212 cm³/mol. The fourth-order valence-electron chi connectivity index (χ4n) is 6.52. The van der Waals surface area contributed by atoms with Crippen molar-refractivity contribution in [1.82, 2.24) is 10.6 Å². The molecule has 2 amide bonds. The molecule has 0 saturated heterocycles. The smallest absolute Gasteiger partial charge is 0.325 e. The number of halogens is 1. The number of amides is 2. The molecule has 0 unspecified atom stereocenters. The first-order valence-electron chi connectivity index (χ1n) is 18.0. The number of thioether (sulfide) groups is 1. The normalized spacial score (nSPS) is 15.4. The van der Waals surface area contributed by atoms with Crippen LogP contribution in [0, 0.1) is 5.41 Å². The summed E-state index contributed by atoms with van der Waals surface area (Å²) < 4.78 is 40.3. The quantitative estimate of drug-likeness (QED) is 0.109. The Labute approximate surface area is 323 Å². The van der Waals surface area contributed by atoms with E-state index in [0.717, 1.165) is 44.2 Å². The highest BCUT2D eigenvalue weighted by atomic mass is 35.5. The van der Waals surface area contributed by atoms with Gasteiger partial charge in [0, 0.05) is 28.7 Å². The lowest BCUT2D eigenvalue weighted by molar-refractivity contribution is -0.154. The number of esters is 1. The van der Waals surface area contributed by atoms with Gasteiger partial charge in [0.15, 0.2) is 16.4 Å². The lowest BCUT2D eigenvalue weighted by atomic mass is 9.79. The number of unbranched alkanes of at least 4 members (excludes halogenated alkanes) is 2. The maximum absolute atomic E-state index is 14.5. The molecule has 53 heavy (non-hydrogen) atoms. The number of carbonyl (C=O) groups is 3. The SMILES string of the molecule is CCCCC1(CCCC)CN(c2ccc(Cl)cc2)c2cc(SC)c(OCC(=O)N[C@@H](C(=O)NCC(=O)OC(C)(C)C)c3ccccc3)cc2S(=O)(=O)C1. The fraction of sp³-hybridized carbons (Fsp3) is 0.475. The molecule has 0 aromatic heterocycles. The van der Waals surface area contributed by atoms with Gasteiger partial charge in [-0.2, -0.15) is 0 Å². The fourth-order valence-corrected chi connectivity index (χ4v) is 9.31. The molecule has 0 bridgehead atoms. The van der Waals surface area contributed by atoms with Gasteiger partial charge in [-0.15, -0.1) is 11.8 Å². The van der Waals surface area contributed by atoms with Crippen LogP contribution in [-0.2, 0) is 29.0 Å². The molecule has 10 nitrogen and oxygen atoms in total. The first kappa shape index (κ1) is 42.0. The van der Waals surface area contributed by atoms with Crippen LogP contribution in [0.2, 0.25) is 5.02 Å². The third kappa shape index (κ3) is 11.6. The van der Waals surface area contributed by atoms with Crippen molar-refractivity contribution in [2.45, 2.75) is 94.6 Å². The zero-order chi connectivity index (χ0) is 38.8. The predicted octanol–water partition coefficient (Wildman–Crippen LogP) is 8.05. The number of benzene rings is 3. The third-order valence-corrected chi connectivity index (χ3v) is 12.0. The number of rotatable bonds is 16. The molecule has 0 aliphatic carbocycles. The van der Waals surface area contributed by atoms with Gasteiger partial charge in [0.25, 0.3) is 5.91 Å². The van der Waals surface area contributed by atoms with Crippen molar-refractivity contribution in [3.8, 4) is 5.75 Å². The molecule has 3 aromatic carbocycles. The molecule has 0 radical (unpaired) electrons. The summed E-state index contributed by atoms with van der Waals surface area (Å²) in [4.78, 5) is 41.8. The van der Waals surface area contributed by atoms with E-state index < -0.39 is 51.3 Å². The number of nitrogens with zero attached hydrogens (tertiary/aromatic N) is 1. The highest BCUT2D eigenvalue weighted by Gasteiger charge is 2.42. The van der Waals surface area contributed by atoms with Gasteiger partial charge in [-0.05, 0) is 75.8 Å². The van der Waals surface area contributed by atoms with Gasteiger partial charge in [-0.25, -0.2) is 8.42 Å². The second-order valence-electron chi connectivity index (χ2n) is 14.5. The zero-order valence-electron chi connectivity index (χ0n) is 31.5. The summed E-state index contributed by atoms with van der Waals surface area (Å²) in [6.07, 6.45) is 7.13. The molecule has 288 valence electrons. The molecule has 3 aromatic rings. The van der Waals surface area contributed by atoms with Crippen molar-refractivity contribution in [2.75, 3.05) is 36.6 Å². The van der Waals surface area contributed by atoms with Gasteiger partial charge in [-0.1, -0.05) is 81.5 Å². The van der Waals surface area contributed by atoms with Crippen LogP contribution < -0.4 is 20.3 Å². The Morgan fingerprint density at radius 2 is 1.62 bits per heavy atom. The Morgan fingerprint density at radius 1 is 0.981 bits per heavy atom. The summed E-state index contributed by atoms with van der Waals surface area (Å²) in [5, 5.41) is 5.85. The van der Waals surface area contributed by atoms with Crippen molar-refractivity contribution in [3.05, 3.63) is 77.3 Å². The van der Waals surface area contributed by atoms with Gasteiger partial charge >= 0.3 is 5.97 Å². The number of sulfone groups is 1. The molecule has 13 heteroatoms. The first-order valence-corrected chi connectivity index (χ1v) is 21.3. The minimum absolute atomic E-state index is 0.00715. The minimum atomic E-state index is -3.82. The Balaban J connectivity index is 1.65. The summed E-state index contributed by atoms with van der Waals surface area (Å²) in [7, 11) is -3.82. The summed E-state index contributed by atoms with van der Waals surface area (Å²) >= 11 is 7.65. The average Bonchev–Trinajstić information content (AvgIpc) is 3.21. The largest absolute Gasteiger partial charge is 0.483 e. The van der Waals surface area contributed by atoms with Crippen molar-refractivity contribution >= 4 is 62.4 Å². The van der Waals surface area contributed by atoms with E-state index in [1.807, 2.05) is 36.6 Å². The van der Waals surface area contributed by atoms with Crippen molar-refractivity contribution in [1.29, 1.82) is 0 Å². The third-order valence-electron chi connectivity index (χ3n) is 9.01. The van der Waals surface area contributed by atoms with Gasteiger partial charge in [-0.3, -0.25) is 14.4 Å². The monoisotopic (exact) mass is 785 g/mol. The molecule has 4 rings (SSSR count). The Kier molecular flexibility index (Phi) is 14.7. The second-order valence-corrected chi connectivity index (χ2v) is 17.7. The maximum atomic E-state index is 14.5. The van der Waals surface area contributed by atoms with E-state index in [1.165, 1.54) is 17.8 Å². The van der Waals surface area contributed by atoms with Gasteiger partial charge in [0.05, 0.1) is 21.2 Å². The van der Waals surface area contributed by atoms with Gasteiger partial charge in [0.2, 0.25) is 5.91 Å². The van der Waals surface area contributed by atoms with Gasteiger partial charge in [0.1, 0.15) is 23.9 Å². The molecule has 0 fully saturated rings. The lowest BCUT2D eigenvalue weighted by Gasteiger charge is -2.37. The van der Waals surface area contributed by atoms with E-state index in [1.54, 1.807) is 51.1 Å². The molecule has 1 aliphatic heterocycles. The molecule has 0 spiro atoms. The van der Waals surface area contributed by atoms with Crippen molar-refractivity contribution in [2.24, 2.45) is 5.41 Å². The summed E-state index contributed by atoms with van der Waals surface area (Å²) in [5.41, 5.74) is 0.676. The number of hydrogen-bond donors (Lipinski definition) is 2. The maximum Gasteiger partial charge on any atom is 0.325 e. The first-order chi connectivity index (χ1) is 25.1. The van der Waals surface area contributed by atoms with Crippen LogP contribution >= 0.6 is 23.4 Å². The van der Waals surface area contributed by atoms with E-state index in [4.69, 9.17) is 21.1 Å². The molecular weight excluding hydrogens is 734 g/mol. The molecule has 1 heterocycles. The van der Waals surface area contributed by atoms with E-state index >= 15 is 0 Å². The van der Waals surface area contributed by atoms with Crippen LogP contribution in [0.1, 0.15) is 84.7 Å². The second kappa shape index (κ2) is 18.5. The lowest BCUT2D eigenvalue weighted by Crippen LogP contribution is -2.44. The van der Waals surface area contributed by atoms with Crippen LogP contribution in [0.25, 0.3) is 0 Å². The van der Waals surface area contributed by atoms with Crippen LogP contribution in [-0.4, -0.2) is 63.5 Å². The molecule has 1 aliphatic rings. The van der Waals surface area contributed by atoms with E-state index in [-0.39, 0.29) is 22.9 Å². The average molecular weight is 786 g/mol. The van der Waals surface area contributed by atoms with E-state index in [0.29, 0.717) is 27.7 Å². The summed E-state index contributed by atoms with van der Waals surface area (Å²) in [5.74, 6) is -1.60. The summed E-state index contributed by atoms with van der Waals surface area (Å²) in [6, 6.07) is 18.3. The Hall–Kier alpha value is -3.74. The molecular formula is C40H52ClN3O7S2. The number of ether oxygens (including phenoxy) is 2. The highest BCUT2D eigenvalue weighted by molar-refractivity contribution is 7.98. The van der Waals surface area contributed by atoms with Crippen LogP contribution in [0.15, 0.2) is 76.5 Å². The van der Waals surface area contributed by atoms with Crippen LogP contribution in [0.3, 0.4) is 0 Å². The van der Waals surface area contributed by atoms with Crippen molar-refractivity contribution < 1.29 is 32.3 Å². The van der Waals surface area contributed by atoms with Crippen LogP contribution in [0.4, 0.5) is 11.4 Å². The number of nitrogens with one attached hydrogen (secondary N) is 2. The number of carbonyl (C=O) groups excluding carboxylic acids is 3. The number of anilines is 2. The zero-order valence-corrected chi connectivity index (χ0v) is 33.9. The van der Waals surface area contributed by atoms with Crippen LogP contribution in [0.5, 0.6) is 5.75 Å². The highest BCUT2D eigenvalue weighted by Crippen LogP contribution is 2.48. The Bertz CT molecular complexity index is 1820. The molecule has 1 atom stereocenters.